The van der Waals surface area contributed by atoms with Crippen LogP contribution in [0, 0.1) is 0 Å². The average Bonchev–Trinajstić information content (AvgIpc) is 2.84. The van der Waals surface area contributed by atoms with Gasteiger partial charge >= 0.3 is 5.97 Å². The number of carboxylic acid groups (broad SMARTS) is 1. The fraction of sp³-hybridized carbons (Fsp3) is 0.0833. The molecule has 1 amide bonds. The SMILES string of the molecule is O=C(O)Cc1ccc(NC(=O)c2ccon2)cc1. The first-order valence-electron chi connectivity index (χ1n) is 5.17. The van der Waals surface area contributed by atoms with Crippen molar-refractivity contribution >= 4 is 17.6 Å². The highest BCUT2D eigenvalue weighted by Gasteiger charge is 2.09. The molecule has 0 saturated carbocycles. The van der Waals surface area contributed by atoms with Crippen molar-refractivity contribution < 1.29 is 19.2 Å². The zero-order valence-electron chi connectivity index (χ0n) is 9.29. The number of hydrogen-bond donors (Lipinski definition) is 2. The Morgan fingerprint density at radius 2 is 1.94 bits per heavy atom. The number of carbonyl (C=O) groups excluding carboxylic acids is 1. The summed E-state index contributed by atoms with van der Waals surface area (Å²) >= 11 is 0. The maximum Gasteiger partial charge on any atom is 0.307 e. The van der Waals surface area contributed by atoms with Crippen LogP contribution in [0.1, 0.15) is 16.1 Å². The molecule has 0 spiro atoms. The van der Waals surface area contributed by atoms with Gasteiger partial charge in [0.25, 0.3) is 5.91 Å². The predicted octanol–water partition coefficient (Wildman–Crippen LogP) is 1.55. The van der Waals surface area contributed by atoms with Gasteiger partial charge < -0.3 is 14.9 Å². The van der Waals surface area contributed by atoms with E-state index in [0.29, 0.717) is 11.3 Å². The standard InChI is InChI=1S/C12H10N2O4/c15-11(16)7-8-1-3-9(4-2-8)13-12(17)10-5-6-18-14-10/h1-6H,7H2,(H,13,17)(H,15,16). The summed E-state index contributed by atoms with van der Waals surface area (Å²) in [7, 11) is 0. The van der Waals surface area contributed by atoms with Gasteiger partial charge in [0, 0.05) is 11.8 Å². The van der Waals surface area contributed by atoms with Crippen LogP contribution >= 0.6 is 0 Å². The summed E-state index contributed by atoms with van der Waals surface area (Å²) < 4.78 is 4.56. The third-order valence-electron chi connectivity index (χ3n) is 2.24. The molecular formula is C12H10N2O4. The number of aromatic nitrogens is 1. The quantitative estimate of drug-likeness (QED) is 0.853. The normalized spacial score (nSPS) is 10.0. The van der Waals surface area contributed by atoms with E-state index >= 15 is 0 Å². The number of nitrogens with zero attached hydrogens (tertiary/aromatic N) is 1. The van der Waals surface area contributed by atoms with Crippen LogP contribution in [-0.2, 0) is 11.2 Å². The number of hydrogen-bond acceptors (Lipinski definition) is 4. The molecule has 6 heteroatoms. The summed E-state index contributed by atoms with van der Waals surface area (Å²) in [6.45, 7) is 0. The summed E-state index contributed by atoms with van der Waals surface area (Å²) in [4.78, 5) is 22.1. The van der Waals surface area contributed by atoms with Gasteiger partial charge in [-0.25, -0.2) is 0 Å². The van der Waals surface area contributed by atoms with Crippen LogP contribution in [0.5, 0.6) is 0 Å². The fourth-order valence-electron chi connectivity index (χ4n) is 1.41. The number of benzene rings is 1. The Bertz CT molecular complexity index is 546. The van der Waals surface area contributed by atoms with Crippen molar-refractivity contribution in [1.29, 1.82) is 0 Å². The molecule has 2 N–H and O–H groups in total. The first kappa shape index (κ1) is 11.8. The van der Waals surface area contributed by atoms with Crippen molar-refractivity contribution in [2.24, 2.45) is 0 Å². The molecule has 0 aliphatic heterocycles. The summed E-state index contributed by atoms with van der Waals surface area (Å²) in [6.07, 6.45) is 1.27. The highest BCUT2D eigenvalue weighted by atomic mass is 16.5. The zero-order chi connectivity index (χ0) is 13.0. The van der Waals surface area contributed by atoms with E-state index in [1.54, 1.807) is 24.3 Å². The molecular weight excluding hydrogens is 236 g/mol. The number of amides is 1. The van der Waals surface area contributed by atoms with Crippen molar-refractivity contribution in [1.82, 2.24) is 5.16 Å². The van der Waals surface area contributed by atoms with E-state index in [4.69, 9.17) is 5.11 Å². The highest BCUT2D eigenvalue weighted by Crippen LogP contribution is 2.11. The first-order valence-corrected chi connectivity index (χ1v) is 5.17. The monoisotopic (exact) mass is 246 g/mol. The average molecular weight is 246 g/mol. The lowest BCUT2D eigenvalue weighted by Crippen LogP contribution is -2.12. The molecule has 0 unspecified atom stereocenters. The van der Waals surface area contributed by atoms with Crippen LogP contribution in [0.3, 0.4) is 0 Å². The lowest BCUT2D eigenvalue weighted by Gasteiger charge is -2.03. The number of carbonyl (C=O) groups is 2. The predicted molar refractivity (Wildman–Crippen MR) is 62.2 cm³/mol. The first-order chi connectivity index (χ1) is 8.65. The number of carboxylic acids is 1. The third-order valence-corrected chi connectivity index (χ3v) is 2.24. The molecule has 18 heavy (non-hydrogen) atoms. The van der Waals surface area contributed by atoms with Gasteiger partial charge in [0.05, 0.1) is 6.42 Å². The fourth-order valence-corrected chi connectivity index (χ4v) is 1.41. The van der Waals surface area contributed by atoms with Crippen LogP contribution in [-0.4, -0.2) is 22.1 Å². The number of nitrogens with one attached hydrogen (secondary N) is 1. The summed E-state index contributed by atoms with van der Waals surface area (Å²) in [5.74, 6) is -1.27. The zero-order valence-corrected chi connectivity index (χ0v) is 9.29. The Kier molecular flexibility index (Phi) is 3.38. The Hall–Kier alpha value is -2.63. The Morgan fingerprint density at radius 1 is 1.22 bits per heavy atom. The van der Waals surface area contributed by atoms with Gasteiger partial charge in [0.2, 0.25) is 0 Å². The summed E-state index contributed by atoms with van der Waals surface area (Å²) in [6, 6.07) is 8.01. The molecule has 2 aromatic rings. The minimum absolute atomic E-state index is 0.0441. The lowest BCUT2D eigenvalue weighted by atomic mass is 10.1. The Morgan fingerprint density at radius 3 is 2.50 bits per heavy atom. The van der Waals surface area contributed by atoms with Crippen molar-refractivity contribution in [3.63, 3.8) is 0 Å². The maximum atomic E-state index is 11.6. The molecule has 0 radical (unpaired) electrons. The Labute approximate surface area is 102 Å². The van der Waals surface area contributed by atoms with E-state index in [9.17, 15) is 9.59 Å². The molecule has 6 nitrogen and oxygen atoms in total. The second-order valence-corrected chi connectivity index (χ2v) is 3.61. The second-order valence-electron chi connectivity index (χ2n) is 3.61. The third kappa shape index (κ3) is 2.94. The summed E-state index contributed by atoms with van der Waals surface area (Å²) in [5.41, 5.74) is 1.42. The molecule has 0 aliphatic rings. The molecule has 92 valence electrons. The molecule has 0 saturated heterocycles. The van der Waals surface area contributed by atoms with Gasteiger partial charge in [0.15, 0.2) is 5.69 Å². The van der Waals surface area contributed by atoms with Crippen LogP contribution in [0.4, 0.5) is 5.69 Å². The molecule has 0 bridgehead atoms. The largest absolute Gasteiger partial charge is 0.481 e. The number of aliphatic carboxylic acids is 1. The lowest BCUT2D eigenvalue weighted by molar-refractivity contribution is -0.136. The van der Waals surface area contributed by atoms with Crippen LogP contribution in [0.25, 0.3) is 0 Å². The molecule has 2 rings (SSSR count). The van der Waals surface area contributed by atoms with Gasteiger partial charge in [-0.05, 0) is 17.7 Å². The maximum absolute atomic E-state index is 11.6. The smallest absolute Gasteiger partial charge is 0.307 e. The number of rotatable bonds is 4. The number of anilines is 1. The van der Waals surface area contributed by atoms with E-state index in [0.717, 1.165) is 0 Å². The van der Waals surface area contributed by atoms with Crippen LogP contribution in [0.2, 0.25) is 0 Å². The van der Waals surface area contributed by atoms with E-state index in [1.165, 1.54) is 12.3 Å². The van der Waals surface area contributed by atoms with E-state index in [-0.39, 0.29) is 18.0 Å². The van der Waals surface area contributed by atoms with Crippen molar-refractivity contribution in [3.8, 4) is 0 Å². The van der Waals surface area contributed by atoms with Crippen LogP contribution in [0.15, 0.2) is 41.1 Å². The van der Waals surface area contributed by atoms with E-state index in [2.05, 4.69) is 15.0 Å². The van der Waals surface area contributed by atoms with E-state index in [1.807, 2.05) is 0 Å². The molecule has 1 aromatic heterocycles. The van der Waals surface area contributed by atoms with Crippen molar-refractivity contribution in [2.75, 3.05) is 5.32 Å². The van der Waals surface area contributed by atoms with E-state index < -0.39 is 5.97 Å². The summed E-state index contributed by atoms with van der Waals surface area (Å²) in [5, 5.41) is 14.7. The minimum atomic E-state index is -0.894. The molecule has 1 aromatic carbocycles. The topological polar surface area (TPSA) is 92.4 Å². The molecule has 0 atom stereocenters. The van der Waals surface area contributed by atoms with Gasteiger partial charge in [-0.15, -0.1) is 0 Å². The van der Waals surface area contributed by atoms with Crippen LogP contribution < -0.4 is 5.32 Å². The minimum Gasteiger partial charge on any atom is -0.481 e. The molecule has 0 aliphatic carbocycles. The van der Waals surface area contributed by atoms with Gasteiger partial charge in [-0.1, -0.05) is 17.3 Å². The van der Waals surface area contributed by atoms with Crippen molar-refractivity contribution in [2.45, 2.75) is 6.42 Å². The highest BCUT2D eigenvalue weighted by molar-refractivity contribution is 6.02. The van der Waals surface area contributed by atoms with Gasteiger partial charge in [-0.3, -0.25) is 9.59 Å². The molecule has 1 heterocycles. The second kappa shape index (κ2) is 5.13. The van der Waals surface area contributed by atoms with Gasteiger partial charge in [-0.2, -0.15) is 0 Å². The van der Waals surface area contributed by atoms with Crippen molar-refractivity contribution in [3.05, 3.63) is 47.9 Å². The molecule has 0 fully saturated rings. The Balaban J connectivity index is 2.02. The van der Waals surface area contributed by atoms with Gasteiger partial charge in [0.1, 0.15) is 6.26 Å².